The summed E-state index contributed by atoms with van der Waals surface area (Å²) in [5.74, 6) is 0.952. The molecule has 1 amide bonds. The Labute approximate surface area is 144 Å². The first-order valence-corrected chi connectivity index (χ1v) is 8.74. The van der Waals surface area contributed by atoms with E-state index in [2.05, 4.69) is 37.4 Å². The van der Waals surface area contributed by atoms with Crippen molar-refractivity contribution in [2.24, 2.45) is 5.73 Å². The maximum absolute atomic E-state index is 12.1. The number of aryl methyl sites for hydroxylation is 2. The molecular weight excluding hydrogens is 316 g/mol. The average Bonchev–Trinajstić information content (AvgIpc) is 2.92. The molecule has 5 heteroatoms. The van der Waals surface area contributed by atoms with Crippen molar-refractivity contribution in [3.63, 3.8) is 0 Å². The topological polar surface area (TPSA) is 55.1 Å². The van der Waals surface area contributed by atoms with Gasteiger partial charge in [-0.2, -0.15) is 0 Å². The monoisotopic (exact) mass is 342 g/mol. The minimum Gasteiger partial charge on any atom is -0.349 e. The molecule has 0 saturated heterocycles. The van der Waals surface area contributed by atoms with Gasteiger partial charge < -0.3 is 11.1 Å². The predicted octanol–water partition coefficient (Wildman–Crippen LogP) is 3.60. The zero-order chi connectivity index (χ0) is 15.3. The predicted molar refractivity (Wildman–Crippen MR) is 96.9 cm³/mol. The lowest BCUT2D eigenvalue weighted by Crippen LogP contribution is -2.51. The summed E-state index contributed by atoms with van der Waals surface area (Å²) in [5.41, 5.74) is 8.34. The van der Waals surface area contributed by atoms with Crippen LogP contribution in [0.3, 0.4) is 0 Å². The van der Waals surface area contributed by atoms with Gasteiger partial charge >= 0.3 is 0 Å². The minimum atomic E-state index is -0.123. The maximum atomic E-state index is 12.1. The number of rotatable bonds is 6. The standard InChI is InChI=1S/C17H26N2OS.ClH/c1-13-5-6-15(11-14(13)2)21-10-7-16(20)19-17(12-18)8-3-4-9-17;/h5-6,11H,3-4,7-10,12,18H2,1-2H3,(H,19,20);1H. The van der Waals surface area contributed by atoms with Crippen LogP contribution in [0.1, 0.15) is 43.2 Å². The van der Waals surface area contributed by atoms with E-state index >= 15 is 0 Å². The van der Waals surface area contributed by atoms with Crippen molar-refractivity contribution < 1.29 is 4.79 Å². The first-order valence-electron chi connectivity index (χ1n) is 7.76. The highest BCUT2D eigenvalue weighted by Gasteiger charge is 2.33. The van der Waals surface area contributed by atoms with Crippen molar-refractivity contribution >= 4 is 30.1 Å². The number of thioether (sulfide) groups is 1. The Hall–Kier alpha value is -0.710. The quantitative estimate of drug-likeness (QED) is 0.777. The van der Waals surface area contributed by atoms with Crippen molar-refractivity contribution in [3.8, 4) is 0 Å². The van der Waals surface area contributed by atoms with Gasteiger partial charge in [0.1, 0.15) is 0 Å². The summed E-state index contributed by atoms with van der Waals surface area (Å²) in [4.78, 5) is 13.3. The fourth-order valence-electron chi connectivity index (χ4n) is 2.86. The van der Waals surface area contributed by atoms with Crippen LogP contribution in [0.2, 0.25) is 0 Å². The zero-order valence-corrected chi connectivity index (χ0v) is 15.1. The molecule has 1 aliphatic rings. The molecule has 0 atom stereocenters. The van der Waals surface area contributed by atoms with E-state index in [9.17, 15) is 4.79 Å². The van der Waals surface area contributed by atoms with Crippen molar-refractivity contribution in [3.05, 3.63) is 29.3 Å². The van der Waals surface area contributed by atoms with Gasteiger partial charge in [0.05, 0.1) is 5.54 Å². The summed E-state index contributed by atoms with van der Waals surface area (Å²) in [5, 5.41) is 3.17. The Bertz CT molecular complexity index is 501. The number of halogens is 1. The van der Waals surface area contributed by atoms with Gasteiger partial charge in [0.25, 0.3) is 0 Å². The van der Waals surface area contributed by atoms with Gasteiger partial charge in [0.2, 0.25) is 5.91 Å². The molecular formula is C17H27ClN2OS. The second-order valence-corrected chi connectivity index (χ2v) is 7.25. The highest BCUT2D eigenvalue weighted by Crippen LogP contribution is 2.29. The number of amides is 1. The van der Waals surface area contributed by atoms with E-state index in [1.807, 2.05) is 0 Å². The molecule has 2 rings (SSSR count). The fraction of sp³-hybridized carbons (Fsp3) is 0.588. The number of benzene rings is 1. The molecule has 1 aliphatic carbocycles. The number of hydrogen-bond donors (Lipinski definition) is 2. The Morgan fingerprint density at radius 1 is 1.27 bits per heavy atom. The van der Waals surface area contributed by atoms with Gasteiger partial charge in [-0.05, 0) is 49.9 Å². The van der Waals surface area contributed by atoms with Crippen molar-refractivity contribution in [2.75, 3.05) is 12.3 Å². The van der Waals surface area contributed by atoms with E-state index < -0.39 is 0 Å². The highest BCUT2D eigenvalue weighted by atomic mass is 35.5. The summed E-state index contributed by atoms with van der Waals surface area (Å²) >= 11 is 1.74. The van der Waals surface area contributed by atoms with Gasteiger partial charge in [-0.15, -0.1) is 24.2 Å². The normalized spacial score (nSPS) is 16.1. The summed E-state index contributed by atoms with van der Waals surface area (Å²) < 4.78 is 0. The zero-order valence-electron chi connectivity index (χ0n) is 13.5. The lowest BCUT2D eigenvalue weighted by molar-refractivity contribution is -0.122. The molecule has 0 radical (unpaired) electrons. The van der Waals surface area contributed by atoms with Gasteiger partial charge in [-0.25, -0.2) is 0 Å². The second kappa shape index (κ2) is 8.80. The van der Waals surface area contributed by atoms with Crippen molar-refractivity contribution in [2.45, 2.75) is 56.4 Å². The van der Waals surface area contributed by atoms with Crippen LogP contribution in [0.5, 0.6) is 0 Å². The molecule has 22 heavy (non-hydrogen) atoms. The number of nitrogens with two attached hydrogens (primary N) is 1. The van der Waals surface area contributed by atoms with E-state index in [1.54, 1.807) is 11.8 Å². The summed E-state index contributed by atoms with van der Waals surface area (Å²) in [7, 11) is 0. The van der Waals surface area contributed by atoms with E-state index in [-0.39, 0.29) is 23.9 Å². The molecule has 0 spiro atoms. The van der Waals surface area contributed by atoms with Crippen LogP contribution in [0.25, 0.3) is 0 Å². The lowest BCUT2D eigenvalue weighted by Gasteiger charge is -2.28. The molecule has 0 heterocycles. The molecule has 124 valence electrons. The van der Waals surface area contributed by atoms with Gasteiger partial charge in [0.15, 0.2) is 0 Å². The molecule has 0 aliphatic heterocycles. The molecule has 0 aromatic heterocycles. The SMILES string of the molecule is Cc1ccc(SCCC(=O)NC2(CN)CCCC2)cc1C.Cl. The van der Waals surface area contributed by atoms with Crippen molar-refractivity contribution in [1.82, 2.24) is 5.32 Å². The van der Waals surface area contributed by atoms with E-state index in [0.29, 0.717) is 13.0 Å². The van der Waals surface area contributed by atoms with Crippen LogP contribution in [-0.4, -0.2) is 23.7 Å². The Kier molecular flexibility index (Phi) is 7.74. The first kappa shape index (κ1) is 19.3. The van der Waals surface area contributed by atoms with Crippen LogP contribution < -0.4 is 11.1 Å². The number of carbonyl (C=O) groups is 1. The number of carbonyl (C=O) groups excluding carboxylic acids is 1. The van der Waals surface area contributed by atoms with Gasteiger partial charge in [-0.3, -0.25) is 4.79 Å². The molecule has 0 unspecified atom stereocenters. The Morgan fingerprint density at radius 2 is 1.95 bits per heavy atom. The fourth-order valence-corrected chi connectivity index (χ4v) is 3.80. The third-order valence-corrected chi connectivity index (χ3v) is 5.43. The largest absolute Gasteiger partial charge is 0.349 e. The average molecular weight is 343 g/mol. The van der Waals surface area contributed by atoms with Gasteiger partial charge in [0, 0.05) is 23.6 Å². The number of nitrogens with one attached hydrogen (secondary N) is 1. The van der Waals surface area contributed by atoms with Crippen molar-refractivity contribution in [1.29, 1.82) is 0 Å². The molecule has 3 nitrogen and oxygen atoms in total. The molecule has 3 N–H and O–H groups in total. The Balaban J connectivity index is 0.00000242. The minimum absolute atomic E-state index is 0. The van der Waals surface area contributed by atoms with Crippen LogP contribution in [0, 0.1) is 13.8 Å². The van der Waals surface area contributed by atoms with Crippen LogP contribution >= 0.6 is 24.2 Å². The van der Waals surface area contributed by atoms with Crippen LogP contribution in [-0.2, 0) is 4.79 Å². The summed E-state index contributed by atoms with van der Waals surface area (Å²) in [6.45, 7) is 4.80. The third-order valence-electron chi connectivity index (χ3n) is 4.43. The van der Waals surface area contributed by atoms with E-state index in [4.69, 9.17) is 5.73 Å². The van der Waals surface area contributed by atoms with Gasteiger partial charge in [-0.1, -0.05) is 18.9 Å². The first-order chi connectivity index (χ1) is 10.0. The second-order valence-electron chi connectivity index (χ2n) is 6.08. The smallest absolute Gasteiger partial charge is 0.221 e. The maximum Gasteiger partial charge on any atom is 0.221 e. The van der Waals surface area contributed by atoms with Crippen LogP contribution in [0.15, 0.2) is 23.1 Å². The molecule has 0 bridgehead atoms. The molecule has 1 aromatic carbocycles. The third kappa shape index (κ3) is 5.18. The number of hydrogen-bond acceptors (Lipinski definition) is 3. The lowest BCUT2D eigenvalue weighted by atomic mass is 9.98. The van der Waals surface area contributed by atoms with E-state index in [1.165, 1.54) is 28.9 Å². The van der Waals surface area contributed by atoms with Crippen LogP contribution in [0.4, 0.5) is 0 Å². The highest BCUT2D eigenvalue weighted by molar-refractivity contribution is 7.99. The summed E-state index contributed by atoms with van der Waals surface area (Å²) in [6.07, 6.45) is 4.96. The molecule has 1 fully saturated rings. The Morgan fingerprint density at radius 3 is 2.55 bits per heavy atom. The molecule has 1 saturated carbocycles. The molecule has 1 aromatic rings. The van der Waals surface area contributed by atoms with E-state index in [0.717, 1.165) is 18.6 Å². The summed E-state index contributed by atoms with van der Waals surface area (Å²) in [6, 6.07) is 6.46.